The summed E-state index contributed by atoms with van der Waals surface area (Å²) in [4.78, 5) is 10.5. The van der Waals surface area contributed by atoms with E-state index in [2.05, 4.69) is 0 Å². The van der Waals surface area contributed by atoms with Crippen LogP contribution in [0, 0.1) is 5.82 Å². The van der Waals surface area contributed by atoms with Crippen LogP contribution in [0.15, 0.2) is 18.2 Å². The summed E-state index contributed by atoms with van der Waals surface area (Å²) in [7, 11) is 0. The summed E-state index contributed by atoms with van der Waals surface area (Å²) in [5, 5.41) is 0. The topological polar surface area (TPSA) is 17.1 Å². The lowest BCUT2D eigenvalue weighted by molar-refractivity contribution is 0.112. The average molecular weight is 166 g/mol. The molecule has 0 aliphatic rings. The van der Waals surface area contributed by atoms with Crippen molar-refractivity contribution in [2.75, 3.05) is 0 Å². The standard InChI is InChI=1S/C10H11FO/c1-7(2)10-4-3-9(11)5-8(10)6-12/h3-7H,1-2H3. The maximum absolute atomic E-state index is 12.6. The normalized spacial score (nSPS) is 10.3. The van der Waals surface area contributed by atoms with Crippen LogP contribution < -0.4 is 0 Å². The quantitative estimate of drug-likeness (QED) is 0.617. The van der Waals surface area contributed by atoms with Crippen LogP contribution in [-0.2, 0) is 0 Å². The van der Waals surface area contributed by atoms with Crippen LogP contribution in [0.2, 0.25) is 0 Å². The van der Waals surface area contributed by atoms with Gasteiger partial charge in [0.15, 0.2) is 0 Å². The van der Waals surface area contributed by atoms with Crippen LogP contribution in [0.1, 0.15) is 35.7 Å². The van der Waals surface area contributed by atoms with Gasteiger partial charge in [0, 0.05) is 5.56 Å². The number of aldehydes is 1. The van der Waals surface area contributed by atoms with Crippen LogP contribution in [0.5, 0.6) is 0 Å². The van der Waals surface area contributed by atoms with Crippen molar-refractivity contribution in [2.45, 2.75) is 19.8 Å². The van der Waals surface area contributed by atoms with E-state index in [9.17, 15) is 9.18 Å². The Hall–Kier alpha value is -1.18. The number of hydrogen-bond acceptors (Lipinski definition) is 1. The van der Waals surface area contributed by atoms with E-state index in [0.29, 0.717) is 11.8 Å². The number of halogens is 1. The Kier molecular flexibility index (Phi) is 2.58. The summed E-state index contributed by atoms with van der Waals surface area (Å²) >= 11 is 0. The molecule has 0 N–H and O–H groups in total. The van der Waals surface area contributed by atoms with Gasteiger partial charge >= 0.3 is 0 Å². The van der Waals surface area contributed by atoms with E-state index in [0.717, 1.165) is 5.56 Å². The molecule has 2 heteroatoms. The highest BCUT2D eigenvalue weighted by Crippen LogP contribution is 2.18. The molecule has 0 aromatic heterocycles. The first-order valence-electron chi connectivity index (χ1n) is 3.89. The van der Waals surface area contributed by atoms with Crippen molar-refractivity contribution in [3.63, 3.8) is 0 Å². The molecule has 0 bridgehead atoms. The molecular weight excluding hydrogens is 155 g/mol. The van der Waals surface area contributed by atoms with Crippen molar-refractivity contribution in [2.24, 2.45) is 0 Å². The molecule has 0 amide bonds. The molecule has 64 valence electrons. The van der Waals surface area contributed by atoms with E-state index in [1.165, 1.54) is 12.1 Å². The van der Waals surface area contributed by atoms with Crippen molar-refractivity contribution in [1.82, 2.24) is 0 Å². The summed E-state index contributed by atoms with van der Waals surface area (Å²) in [5.74, 6) is -0.104. The molecule has 1 nitrogen and oxygen atoms in total. The molecule has 1 rings (SSSR count). The highest BCUT2D eigenvalue weighted by atomic mass is 19.1. The maximum atomic E-state index is 12.6. The van der Waals surface area contributed by atoms with E-state index in [4.69, 9.17) is 0 Å². The Bertz CT molecular complexity index is 292. The van der Waals surface area contributed by atoms with Gasteiger partial charge in [0.05, 0.1) is 0 Å². The number of hydrogen-bond donors (Lipinski definition) is 0. The molecule has 0 heterocycles. The zero-order valence-corrected chi connectivity index (χ0v) is 7.17. The second-order valence-electron chi connectivity index (χ2n) is 3.05. The fourth-order valence-electron chi connectivity index (χ4n) is 1.17. The molecule has 0 aliphatic heterocycles. The molecule has 1 aromatic carbocycles. The minimum atomic E-state index is -0.360. The SMILES string of the molecule is CC(C)c1ccc(F)cc1C=O. The molecule has 12 heavy (non-hydrogen) atoms. The first-order valence-corrected chi connectivity index (χ1v) is 3.89. The van der Waals surface area contributed by atoms with E-state index in [1.807, 2.05) is 13.8 Å². The van der Waals surface area contributed by atoms with Gasteiger partial charge < -0.3 is 0 Å². The molecular formula is C10H11FO. The third kappa shape index (κ3) is 1.70. The van der Waals surface area contributed by atoms with Crippen molar-refractivity contribution < 1.29 is 9.18 Å². The lowest BCUT2D eigenvalue weighted by Crippen LogP contribution is -1.95. The lowest BCUT2D eigenvalue weighted by Gasteiger charge is -2.07. The summed E-state index contributed by atoms with van der Waals surface area (Å²) in [6.45, 7) is 3.94. The van der Waals surface area contributed by atoms with Crippen molar-refractivity contribution in [3.05, 3.63) is 35.1 Å². The number of benzene rings is 1. The van der Waals surface area contributed by atoms with E-state index < -0.39 is 0 Å². The Labute approximate surface area is 71.2 Å². The van der Waals surface area contributed by atoms with Gasteiger partial charge in [-0.3, -0.25) is 4.79 Å². The summed E-state index contributed by atoms with van der Waals surface area (Å²) in [6.07, 6.45) is 0.693. The third-order valence-electron chi connectivity index (χ3n) is 1.80. The average Bonchev–Trinajstić information content (AvgIpc) is 2.03. The summed E-state index contributed by atoms with van der Waals surface area (Å²) in [5.41, 5.74) is 1.34. The van der Waals surface area contributed by atoms with Gasteiger partial charge in [0.25, 0.3) is 0 Å². The minimum absolute atomic E-state index is 0.255. The fraction of sp³-hybridized carbons (Fsp3) is 0.300. The monoisotopic (exact) mass is 166 g/mol. The summed E-state index contributed by atoms with van der Waals surface area (Å²) in [6, 6.07) is 4.30. The van der Waals surface area contributed by atoms with Gasteiger partial charge in [-0.25, -0.2) is 4.39 Å². The molecule has 0 saturated carbocycles. The lowest BCUT2D eigenvalue weighted by atomic mass is 9.98. The predicted molar refractivity (Wildman–Crippen MR) is 45.9 cm³/mol. The molecule has 0 fully saturated rings. The highest BCUT2D eigenvalue weighted by molar-refractivity contribution is 5.77. The number of carbonyl (C=O) groups is 1. The Morgan fingerprint density at radius 3 is 2.58 bits per heavy atom. The molecule has 0 aliphatic carbocycles. The second kappa shape index (κ2) is 3.48. The fourth-order valence-corrected chi connectivity index (χ4v) is 1.17. The first-order chi connectivity index (χ1) is 5.65. The van der Waals surface area contributed by atoms with Crippen LogP contribution in [-0.4, -0.2) is 6.29 Å². The number of carbonyl (C=O) groups excluding carboxylic acids is 1. The molecule has 1 aromatic rings. The van der Waals surface area contributed by atoms with Gasteiger partial charge in [-0.2, -0.15) is 0 Å². The number of rotatable bonds is 2. The zero-order chi connectivity index (χ0) is 9.14. The van der Waals surface area contributed by atoms with Crippen molar-refractivity contribution in [3.8, 4) is 0 Å². The minimum Gasteiger partial charge on any atom is -0.298 e. The zero-order valence-electron chi connectivity index (χ0n) is 7.17. The van der Waals surface area contributed by atoms with Crippen LogP contribution >= 0.6 is 0 Å². The van der Waals surface area contributed by atoms with Gasteiger partial charge in [0.1, 0.15) is 12.1 Å². The second-order valence-corrected chi connectivity index (χ2v) is 3.05. The third-order valence-corrected chi connectivity index (χ3v) is 1.80. The maximum Gasteiger partial charge on any atom is 0.150 e. The molecule has 0 spiro atoms. The smallest absolute Gasteiger partial charge is 0.150 e. The molecule has 0 radical (unpaired) electrons. The Morgan fingerprint density at radius 1 is 1.42 bits per heavy atom. The largest absolute Gasteiger partial charge is 0.298 e. The van der Waals surface area contributed by atoms with Gasteiger partial charge in [-0.15, -0.1) is 0 Å². The molecule has 0 atom stereocenters. The first kappa shape index (κ1) is 8.91. The van der Waals surface area contributed by atoms with Crippen molar-refractivity contribution in [1.29, 1.82) is 0 Å². The van der Waals surface area contributed by atoms with E-state index >= 15 is 0 Å². The van der Waals surface area contributed by atoms with E-state index in [1.54, 1.807) is 6.07 Å². The molecule has 0 saturated heterocycles. The Morgan fingerprint density at radius 2 is 2.08 bits per heavy atom. The van der Waals surface area contributed by atoms with Crippen molar-refractivity contribution >= 4 is 6.29 Å². The highest BCUT2D eigenvalue weighted by Gasteiger charge is 2.05. The molecule has 0 unspecified atom stereocenters. The Balaban J connectivity index is 3.20. The van der Waals surface area contributed by atoms with Crippen LogP contribution in [0.25, 0.3) is 0 Å². The van der Waals surface area contributed by atoms with E-state index in [-0.39, 0.29) is 11.7 Å². The summed E-state index contributed by atoms with van der Waals surface area (Å²) < 4.78 is 12.6. The van der Waals surface area contributed by atoms with Crippen LogP contribution in [0.4, 0.5) is 4.39 Å². The van der Waals surface area contributed by atoms with Gasteiger partial charge in [0.2, 0.25) is 0 Å². The predicted octanol–water partition coefficient (Wildman–Crippen LogP) is 2.76. The van der Waals surface area contributed by atoms with Gasteiger partial charge in [-0.05, 0) is 23.6 Å². The van der Waals surface area contributed by atoms with Gasteiger partial charge in [-0.1, -0.05) is 19.9 Å². The van der Waals surface area contributed by atoms with Crippen LogP contribution in [0.3, 0.4) is 0 Å².